The Morgan fingerprint density at radius 2 is 2.27 bits per heavy atom. The van der Waals surface area contributed by atoms with Gasteiger partial charge in [0.2, 0.25) is 5.83 Å². The standard InChI is InChI=1S/C13H15ClFN3O2.2ClH/c14-10-4-8(5-11(15)13(19)20)6-17-12(10)18-9-2-1-3-16-7-9;;/h4-6,9,16H,1-3,7H2,(H,17,18)(H,19,20);2*1H/t9-;;/m1../s1. The van der Waals surface area contributed by atoms with Crippen LogP contribution in [0, 0.1) is 0 Å². The van der Waals surface area contributed by atoms with Crippen molar-refractivity contribution in [3.05, 3.63) is 28.7 Å². The minimum atomic E-state index is -1.61. The lowest BCUT2D eigenvalue weighted by molar-refractivity contribution is -0.134. The number of nitrogens with one attached hydrogen (secondary N) is 2. The summed E-state index contributed by atoms with van der Waals surface area (Å²) in [6.45, 7) is 1.85. The number of rotatable bonds is 4. The van der Waals surface area contributed by atoms with Crippen molar-refractivity contribution in [2.24, 2.45) is 0 Å². The minimum absolute atomic E-state index is 0. The van der Waals surface area contributed by atoms with Crippen molar-refractivity contribution < 1.29 is 14.3 Å². The van der Waals surface area contributed by atoms with Gasteiger partial charge >= 0.3 is 5.97 Å². The lowest BCUT2D eigenvalue weighted by Gasteiger charge is -2.24. The Kier molecular flexibility index (Phi) is 9.36. The maximum Gasteiger partial charge on any atom is 0.364 e. The number of pyridine rings is 1. The van der Waals surface area contributed by atoms with Gasteiger partial charge in [-0.05, 0) is 37.1 Å². The number of nitrogens with zero attached hydrogens (tertiary/aromatic N) is 1. The normalized spacial score (nSPS) is 17.9. The highest BCUT2D eigenvalue weighted by atomic mass is 35.5. The molecular formula is C13H17Cl3FN3O2. The van der Waals surface area contributed by atoms with Gasteiger partial charge in [0.15, 0.2) is 0 Å². The zero-order chi connectivity index (χ0) is 14.5. The molecule has 0 amide bonds. The Morgan fingerprint density at radius 3 is 2.82 bits per heavy atom. The maximum absolute atomic E-state index is 13.0. The van der Waals surface area contributed by atoms with E-state index in [1.54, 1.807) is 0 Å². The fourth-order valence-electron chi connectivity index (χ4n) is 2.01. The molecule has 0 radical (unpaired) electrons. The maximum atomic E-state index is 13.0. The fraction of sp³-hybridized carbons (Fsp3) is 0.385. The first-order chi connectivity index (χ1) is 9.56. The van der Waals surface area contributed by atoms with Crippen LogP contribution < -0.4 is 10.6 Å². The summed E-state index contributed by atoms with van der Waals surface area (Å²) in [4.78, 5) is 14.5. The second-order valence-electron chi connectivity index (χ2n) is 4.58. The number of carboxylic acids is 1. The van der Waals surface area contributed by atoms with Gasteiger partial charge in [-0.15, -0.1) is 24.8 Å². The second kappa shape index (κ2) is 9.84. The molecule has 1 saturated heterocycles. The quantitative estimate of drug-likeness (QED) is 0.708. The van der Waals surface area contributed by atoms with Crippen molar-refractivity contribution in [1.82, 2.24) is 10.3 Å². The summed E-state index contributed by atoms with van der Waals surface area (Å²) < 4.78 is 13.0. The van der Waals surface area contributed by atoms with Crippen molar-refractivity contribution in [3.8, 4) is 0 Å². The summed E-state index contributed by atoms with van der Waals surface area (Å²) in [5.74, 6) is -2.34. The SMILES string of the molecule is Cl.Cl.O=C(O)C(F)=Cc1cnc(N[C@@H]2CCCNC2)c(Cl)c1. The van der Waals surface area contributed by atoms with Gasteiger partial charge in [0.05, 0.1) is 5.02 Å². The monoisotopic (exact) mass is 371 g/mol. The van der Waals surface area contributed by atoms with E-state index in [1.807, 2.05) is 0 Å². The summed E-state index contributed by atoms with van der Waals surface area (Å²) in [6.07, 6.45) is 4.38. The van der Waals surface area contributed by atoms with Crippen molar-refractivity contribution in [2.45, 2.75) is 18.9 Å². The van der Waals surface area contributed by atoms with Crippen LogP contribution in [0.2, 0.25) is 5.02 Å². The molecule has 0 unspecified atom stereocenters. The molecule has 1 aliphatic heterocycles. The summed E-state index contributed by atoms with van der Waals surface area (Å²) in [6, 6.07) is 1.74. The number of aliphatic carboxylic acids is 1. The highest BCUT2D eigenvalue weighted by Crippen LogP contribution is 2.23. The third-order valence-corrected chi connectivity index (χ3v) is 3.29. The summed E-state index contributed by atoms with van der Waals surface area (Å²) in [5.41, 5.74) is 0.308. The van der Waals surface area contributed by atoms with Crippen molar-refractivity contribution in [3.63, 3.8) is 0 Å². The zero-order valence-corrected chi connectivity index (χ0v) is 13.9. The van der Waals surface area contributed by atoms with E-state index >= 15 is 0 Å². The van der Waals surface area contributed by atoms with E-state index in [0.29, 0.717) is 16.4 Å². The summed E-state index contributed by atoms with van der Waals surface area (Å²) >= 11 is 6.07. The van der Waals surface area contributed by atoms with Crippen LogP contribution in [0.5, 0.6) is 0 Å². The number of halogens is 4. The molecule has 124 valence electrons. The Balaban J connectivity index is 0.00000220. The van der Waals surface area contributed by atoms with Gasteiger partial charge in [-0.3, -0.25) is 0 Å². The number of hydrogen-bond acceptors (Lipinski definition) is 4. The van der Waals surface area contributed by atoms with Crippen LogP contribution in [0.25, 0.3) is 6.08 Å². The van der Waals surface area contributed by atoms with Gasteiger partial charge in [0.1, 0.15) is 5.82 Å². The van der Waals surface area contributed by atoms with E-state index in [1.165, 1.54) is 12.3 Å². The van der Waals surface area contributed by atoms with Gasteiger partial charge in [0, 0.05) is 18.8 Å². The molecule has 1 aromatic heterocycles. The predicted octanol–water partition coefficient (Wildman–Crippen LogP) is 3.14. The average molecular weight is 373 g/mol. The zero-order valence-electron chi connectivity index (χ0n) is 11.5. The molecule has 3 N–H and O–H groups in total. The number of hydrogen-bond donors (Lipinski definition) is 3. The molecule has 0 aromatic carbocycles. The van der Waals surface area contributed by atoms with Crippen molar-refractivity contribution in [2.75, 3.05) is 18.4 Å². The van der Waals surface area contributed by atoms with Gasteiger partial charge < -0.3 is 15.7 Å². The molecule has 2 heterocycles. The molecule has 0 saturated carbocycles. The average Bonchev–Trinajstić information content (AvgIpc) is 2.43. The van der Waals surface area contributed by atoms with Crippen LogP contribution in [0.4, 0.5) is 10.2 Å². The van der Waals surface area contributed by atoms with Gasteiger partial charge in [-0.2, -0.15) is 4.39 Å². The number of aromatic nitrogens is 1. The molecule has 1 atom stereocenters. The molecule has 0 spiro atoms. The smallest absolute Gasteiger partial charge is 0.364 e. The van der Waals surface area contributed by atoms with E-state index in [9.17, 15) is 9.18 Å². The second-order valence-corrected chi connectivity index (χ2v) is 4.99. The van der Waals surface area contributed by atoms with E-state index in [0.717, 1.165) is 32.0 Å². The highest BCUT2D eigenvalue weighted by molar-refractivity contribution is 6.33. The van der Waals surface area contributed by atoms with Crippen LogP contribution in [-0.4, -0.2) is 35.2 Å². The van der Waals surface area contributed by atoms with E-state index in [4.69, 9.17) is 16.7 Å². The van der Waals surface area contributed by atoms with Gasteiger partial charge in [0.25, 0.3) is 0 Å². The largest absolute Gasteiger partial charge is 0.476 e. The third-order valence-electron chi connectivity index (χ3n) is 3.00. The Bertz CT molecular complexity index is 537. The first-order valence-corrected chi connectivity index (χ1v) is 6.67. The van der Waals surface area contributed by atoms with Crippen LogP contribution >= 0.6 is 36.4 Å². The Morgan fingerprint density at radius 1 is 1.55 bits per heavy atom. The number of anilines is 1. The molecule has 1 aromatic rings. The molecule has 5 nitrogen and oxygen atoms in total. The molecular weight excluding hydrogens is 356 g/mol. The molecule has 1 fully saturated rings. The predicted molar refractivity (Wildman–Crippen MR) is 90.0 cm³/mol. The fourth-order valence-corrected chi connectivity index (χ4v) is 2.24. The topological polar surface area (TPSA) is 74.2 Å². The summed E-state index contributed by atoms with van der Waals surface area (Å²) in [7, 11) is 0. The lowest BCUT2D eigenvalue weighted by atomic mass is 10.1. The van der Waals surface area contributed by atoms with E-state index in [2.05, 4.69) is 15.6 Å². The number of carbonyl (C=O) groups is 1. The molecule has 0 aliphatic carbocycles. The van der Waals surface area contributed by atoms with E-state index < -0.39 is 11.8 Å². The minimum Gasteiger partial charge on any atom is -0.476 e. The van der Waals surface area contributed by atoms with Gasteiger partial charge in [-0.25, -0.2) is 9.78 Å². The Hall–Kier alpha value is -1.08. The van der Waals surface area contributed by atoms with Gasteiger partial charge in [-0.1, -0.05) is 11.6 Å². The molecule has 1 aliphatic rings. The van der Waals surface area contributed by atoms with Crippen LogP contribution in [0.15, 0.2) is 18.1 Å². The Labute approximate surface area is 145 Å². The third kappa shape index (κ3) is 5.96. The van der Waals surface area contributed by atoms with Crippen LogP contribution in [-0.2, 0) is 4.79 Å². The highest BCUT2D eigenvalue weighted by Gasteiger charge is 2.15. The molecule has 22 heavy (non-hydrogen) atoms. The molecule has 0 bridgehead atoms. The summed E-state index contributed by atoms with van der Waals surface area (Å²) in [5, 5.41) is 15.3. The molecule has 2 rings (SSSR count). The first-order valence-electron chi connectivity index (χ1n) is 6.29. The number of carboxylic acid groups (broad SMARTS) is 1. The molecule has 9 heteroatoms. The van der Waals surface area contributed by atoms with Crippen LogP contribution in [0.3, 0.4) is 0 Å². The van der Waals surface area contributed by atoms with Crippen molar-refractivity contribution >= 4 is 54.3 Å². The number of piperidine rings is 1. The first kappa shape index (κ1) is 20.9. The van der Waals surface area contributed by atoms with E-state index in [-0.39, 0.29) is 30.9 Å². The van der Waals surface area contributed by atoms with Crippen molar-refractivity contribution in [1.29, 1.82) is 0 Å². The lowest BCUT2D eigenvalue weighted by Crippen LogP contribution is -2.38. The van der Waals surface area contributed by atoms with Crippen LogP contribution in [0.1, 0.15) is 18.4 Å².